The number of ketones is 1. The second kappa shape index (κ2) is 10.3. The molecule has 0 unspecified atom stereocenters. The summed E-state index contributed by atoms with van der Waals surface area (Å²) in [5.41, 5.74) is 3.79. The Bertz CT molecular complexity index is 873. The molecule has 0 bridgehead atoms. The highest BCUT2D eigenvalue weighted by molar-refractivity contribution is 5.88. The van der Waals surface area contributed by atoms with Gasteiger partial charge in [-0.3, -0.25) is 4.79 Å². The summed E-state index contributed by atoms with van der Waals surface area (Å²) >= 11 is 0. The van der Waals surface area contributed by atoms with E-state index in [1.807, 2.05) is 13.0 Å². The van der Waals surface area contributed by atoms with E-state index in [2.05, 4.69) is 38.7 Å². The third-order valence-corrected chi connectivity index (χ3v) is 9.84. The van der Waals surface area contributed by atoms with Crippen molar-refractivity contribution in [2.75, 3.05) is 0 Å². The Hall–Kier alpha value is -1.45. The van der Waals surface area contributed by atoms with Crippen molar-refractivity contribution in [3.05, 3.63) is 47.6 Å². The van der Waals surface area contributed by atoms with E-state index in [9.17, 15) is 15.0 Å². The average Bonchev–Trinajstić information content (AvgIpc) is 3.54. The Kier molecular flexibility index (Phi) is 7.74. The van der Waals surface area contributed by atoms with Gasteiger partial charge in [-0.25, -0.2) is 0 Å². The zero-order valence-corrected chi connectivity index (χ0v) is 21.7. The molecule has 0 radical (unpaired) electrons. The van der Waals surface area contributed by atoms with Crippen LogP contribution in [-0.4, -0.2) is 28.2 Å². The summed E-state index contributed by atoms with van der Waals surface area (Å²) in [5.74, 6) is 1.86. The second-order valence-corrected chi connectivity index (χ2v) is 12.0. The third-order valence-electron chi connectivity index (χ3n) is 9.84. The summed E-state index contributed by atoms with van der Waals surface area (Å²) < 4.78 is 0. The first-order valence-corrected chi connectivity index (χ1v) is 13.9. The maximum atomic E-state index is 12.5. The Labute approximate surface area is 207 Å². The number of rotatable bonds is 8. The van der Waals surface area contributed by atoms with E-state index in [1.54, 1.807) is 5.57 Å². The molecule has 6 atom stereocenters. The minimum Gasteiger partial charge on any atom is -0.393 e. The maximum absolute atomic E-state index is 12.5. The van der Waals surface area contributed by atoms with Crippen molar-refractivity contribution < 1.29 is 15.0 Å². The molecule has 34 heavy (non-hydrogen) atoms. The van der Waals surface area contributed by atoms with Crippen LogP contribution in [0.5, 0.6) is 0 Å². The smallest absolute Gasteiger partial charge is 0.141 e. The SMILES string of the molecule is C=C1CC[C@H](O)CC1=CC=C1CCC[C@]2(C)[C@@H]([C@H](C)C=C[C@@H](O)C3(C(=O)CCC)CC3)CC[C@@H]12. The molecule has 0 saturated heterocycles. The standard InChI is InChI=1S/C31H46O3/c1-5-7-28(33)31(18-19-31)29(34)16-10-22(3)26-14-15-27-23(8-6-17-30(26,27)4)11-12-24-20-25(32)13-9-21(24)2/h10-12,16,22,25-27,29,32,34H,2,5-9,13-15,17-20H2,1,3-4H3/t22-,25+,26-,27+,29-,30-/m1/s1. The molecule has 3 heteroatoms. The summed E-state index contributed by atoms with van der Waals surface area (Å²) in [6.45, 7) is 11.1. The molecular formula is C31H46O3. The van der Waals surface area contributed by atoms with E-state index in [0.717, 1.165) is 38.5 Å². The zero-order valence-electron chi connectivity index (χ0n) is 21.7. The first-order valence-electron chi connectivity index (χ1n) is 13.9. The molecule has 0 aromatic carbocycles. The normalized spacial score (nSPS) is 37.2. The van der Waals surface area contributed by atoms with E-state index in [0.29, 0.717) is 24.2 Å². The van der Waals surface area contributed by atoms with E-state index in [-0.39, 0.29) is 17.3 Å². The van der Waals surface area contributed by atoms with E-state index < -0.39 is 11.5 Å². The quantitative estimate of drug-likeness (QED) is 0.384. The van der Waals surface area contributed by atoms with E-state index in [4.69, 9.17) is 0 Å². The van der Waals surface area contributed by atoms with Gasteiger partial charge < -0.3 is 10.2 Å². The van der Waals surface area contributed by atoms with Crippen molar-refractivity contribution in [1.82, 2.24) is 0 Å². The lowest BCUT2D eigenvalue weighted by atomic mass is 9.61. The lowest BCUT2D eigenvalue weighted by Gasteiger charge is -2.44. The zero-order chi connectivity index (χ0) is 24.5. The maximum Gasteiger partial charge on any atom is 0.141 e. The first kappa shape index (κ1) is 25.6. The van der Waals surface area contributed by atoms with Gasteiger partial charge >= 0.3 is 0 Å². The van der Waals surface area contributed by atoms with Crippen molar-refractivity contribution in [2.24, 2.45) is 28.6 Å². The fourth-order valence-electron chi connectivity index (χ4n) is 7.49. The molecule has 4 fully saturated rings. The lowest BCUT2D eigenvalue weighted by molar-refractivity contribution is -0.127. The lowest BCUT2D eigenvalue weighted by Crippen LogP contribution is -2.35. The van der Waals surface area contributed by atoms with Gasteiger partial charge in [0.1, 0.15) is 5.78 Å². The van der Waals surface area contributed by atoms with Crippen LogP contribution >= 0.6 is 0 Å². The Morgan fingerprint density at radius 2 is 1.91 bits per heavy atom. The number of carbonyl (C=O) groups excluding carboxylic acids is 1. The van der Waals surface area contributed by atoms with Gasteiger partial charge in [0.05, 0.1) is 17.6 Å². The molecule has 0 aliphatic heterocycles. The van der Waals surface area contributed by atoms with Gasteiger partial charge in [0, 0.05) is 6.42 Å². The van der Waals surface area contributed by atoms with Crippen LogP contribution in [0.4, 0.5) is 0 Å². The molecule has 188 valence electrons. The molecule has 4 rings (SSSR count). The summed E-state index contributed by atoms with van der Waals surface area (Å²) in [6, 6.07) is 0. The number of allylic oxidation sites excluding steroid dienone is 5. The van der Waals surface area contributed by atoms with Crippen LogP contribution in [-0.2, 0) is 4.79 Å². The predicted molar refractivity (Wildman–Crippen MR) is 139 cm³/mol. The highest BCUT2D eigenvalue weighted by Crippen LogP contribution is 2.59. The fraction of sp³-hybridized carbons (Fsp3) is 0.710. The average molecular weight is 467 g/mol. The summed E-state index contributed by atoms with van der Waals surface area (Å²) in [6.07, 6.45) is 19.6. The van der Waals surface area contributed by atoms with Gasteiger partial charge in [-0.2, -0.15) is 0 Å². The predicted octanol–water partition coefficient (Wildman–Crippen LogP) is 6.86. The number of carbonyl (C=O) groups is 1. The van der Waals surface area contributed by atoms with Gasteiger partial charge in [0.25, 0.3) is 0 Å². The molecular weight excluding hydrogens is 420 g/mol. The fourth-order valence-corrected chi connectivity index (χ4v) is 7.49. The van der Waals surface area contributed by atoms with Crippen LogP contribution in [0.1, 0.15) is 97.8 Å². The number of aliphatic hydroxyl groups excluding tert-OH is 2. The Balaban J connectivity index is 1.45. The van der Waals surface area contributed by atoms with Crippen molar-refractivity contribution in [1.29, 1.82) is 0 Å². The van der Waals surface area contributed by atoms with Crippen molar-refractivity contribution in [3.8, 4) is 0 Å². The van der Waals surface area contributed by atoms with Crippen LogP contribution in [0.25, 0.3) is 0 Å². The molecule has 4 aliphatic rings. The largest absolute Gasteiger partial charge is 0.393 e. The van der Waals surface area contributed by atoms with Gasteiger partial charge in [0.2, 0.25) is 0 Å². The molecule has 0 aromatic heterocycles. The first-order chi connectivity index (χ1) is 16.2. The Morgan fingerprint density at radius 1 is 1.15 bits per heavy atom. The number of Topliss-reactive ketones (excluding diaryl/α,β-unsaturated/α-hetero) is 1. The van der Waals surface area contributed by atoms with Crippen LogP contribution in [0, 0.1) is 28.6 Å². The van der Waals surface area contributed by atoms with Gasteiger partial charge in [-0.05, 0) is 99.4 Å². The summed E-state index contributed by atoms with van der Waals surface area (Å²) in [7, 11) is 0. The van der Waals surface area contributed by atoms with Gasteiger partial charge in [0.15, 0.2) is 0 Å². The second-order valence-electron chi connectivity index (χ2n) is 12.0. The van der Waals surface area contributed by atoms with Crippen molar-refractivity contribution in [2.45, 2.75) is 110 Å². The van der Waals surface area contributed by atoms with Crippen LogP contribution in [0.2, 0.25) is 0 Å². The summed E-state index contributed by atoms with van der Waals surface area (Å²) in [5, 5.41) is 20.9. The van der Waals surface area contributed by atoms with Crippen LogP contribution in [0.3, 0.4) is 0 Å². The third kappa shape index (κ3) is 4.93. The molecule has 3 nitrogen and oxygen atoms in total. The van der Waals surface area contributed by atoms with Crippen molar-refractivity contribution in [3.63, 3.8) is 0 Å². The number of aliphatic hydroxyl groups is 2. The van der Waals surface area contributed by atoms with Crippen molar-refractivity contribution >= 4 is 5.78 Å². The van der Waals surface area contributed by atoms with Gasteiger partial charge in [-0.1, -0.05) is 62.8 Å². The molecule has 0 amide bonds. The minimum atomic E-state index is -0.633. The van der Waals surface area contributed by atoms with E-state index >= 15 is 0 Å². The Morgan fingerprint density at radius 3 is 2.62 bits per heavy atom. The number of hydrogen-bond acceptors (Lipinski definition) is 3. The molecule has 4 saturated carbocycles. The highest BCUT2D eigenvalue weighted by Gasteiger charge is 2.54. The number of hydrogen-bond donors (Lipinski definition) is 2. The van der Waals surface area contributed by atoms with Gasteiger partial charge in [-0.15, -0.1) is 0 Å². The molecule has 2 N–H and O–H groups in total. The number of fused-ring (bicyclic) bond motifs is 1. The van der Waals surface area contributed by atoms with E-state index in [1.165, 1.54) is 43.3 Å². The topological polar surface area (TPSA) is 57.5 Å². The summed E-state index contributed by atoms with van der Waals surface area (Å²) in [4.78, 5) is 12.5. The molecule has 0 heterocycles. The minimum absolute atomic E-state index is 0.224. The van der Waals surface area contributed by atoms with Crippen LogP contribution < -0.4 is 0 Å². The highest BCUT2D eigenvalue weighted by atomic mass is 16.3. The monoisotopic (exact) mass is 466 g/mol. The molecule has 4 aliphatic carbocycles. The molecule has 0 spiro atoms. The molecule has 0 aromatic rings. The van der Waals surface area contributed by atoms with Crippen LogP contribution in [0.15, 0.2) is 47.6 Å².